The second-order valence-corrected chi connectivity index (χ2v) is 5.27. The van der Waals surface area contributed by atoms with E-state index in [1.165, 1.54) is 44.9 Å². The molecule has 1 atom stereocenters. The van der Waals surface area contributed by atoms with E-state index in [1.807, 2.05) is 0 Å². The van der Waals surface area contributed by atoms with Gasteiger partial charge >= 0.3 is 0 Å². The minimum atomic E-state index is 0.289. The largest absolute Gasteiger partial charge is 0.365 e. The Kier molecular flexibility index (Phi) is 6.39. The third-order valence-corrected chi connectivity index (χ3v) is 3.63. The number of nitrogens with zero attached hydrogens (tertiary/aromatic N) is 1. The summed E-state index contributed by atoms with van der Waals surface area (Å²) in [6, 6.07) is 0. The van der Waals surface area contributed by atoms with Crippen LogP contribution in [0.2, 0.25) is 5.31 Å². The van der Waals surface area contributed by atoms with Crippen LogP contribution in [0.3, 0.4) is 0 Å². The quantitative estimate of drug-likeness (QED) is 0.477. The third kappa shape index (κ3) is 5.43. The topological polar surface area (TPSA) is 26.0 Å². The minimum Gasteiger partial charge on any atom is -0.365 e. The van der Waals surface area contributed by atoms with Gasteiger partial charge in [0.2, 0.25) is 0 Å². The van der Waals surface area contributed by atoms with Gasteiger partial charge in [-0.1, -0.05) is 76.2 Å². The van der Waals surface area contributed by atoms with E-state index in [4.69, 9.17) is 4.52 Å². The molecule has 0 N–H and O–H groups in total. The minimum absolute atomic E-state index is 0.289. The van der Waals surface area contributed by atoms with E-state index in [2.05, 4.69) is 33.2 Å². The van der Waals surface area contributed by atoms with Crippen LogP contribution in [0.25, 0.3) is 0 Å². The Bertz CT molecular complexity index is 286. The van der Waals surface area contributed by atoms with Crippen molar-refractivity contribution in [1.29, 1.82) is 0 Å². The highest BCUT2D eigenvalue weighted by Crippen LogP contribution is 2.34. The molecule has 1 aromatic heterocycles. The second-order valence-electron chi connectivity index (χ2n) is 5.27. The lowest BCUT2D eigenvalue weighted by Crippen LogP contribution is -2.26. The predicted molar refractivity (Wildman–Crippen MR) is 73.9 cm³/mol. The Morgan fingerprint density at radius 3 is 2.59 bits per heavy atom. The molecular formula is C14H25BNO. The van der Waals surface area contributed by atoms with Gasteiger partial charge in [0.05, 0.1) is 6.20 Å². The van der Waals surface area contributed by atoms with Crippen LogP contribution in [0.15, 0.2) is 17.0 Å². The van der Waals surface area contributed by atoms with E-state index < -0.39 is 0 Å². The van der Waals surface area contributed by atoms with E-state index in [0.29, 0.717) is 0 Å². The number of unbranched alkanes of at least 4 members (excludes halogenated alkanes) is 4. The van der Waals surface area contributed by atoms with Gasteiger partial charge in [0.1, 0.15) is 6.26 Å². The highest BCUT2D eigenvalue weighted by Gasteiger charge is 2.24. The first-order valence-corrected chi connectivity index (χ1v) is 6.95. The Morgan fingerprint density at radius 2 is 2.00 bits per heavy atom. The fraction of sp³-hybridized carbons (Fsp3) is 0.786. The Morgan fingerprint density at radius 1 is 1.24 bits per heavy atom. The first kappa shape index (κ1) is 14.3. The van der Waals surface area contributed by atoms with Gasteiger partial charge in [-0.15, -0.1) is 0 Å². The standard InChI is InChI=1S/C14H25BNO/c1-4-6-7-8-9-10-14(3,5-2)15-13-11-16-17-12-13/h11-12H,4-10H2,1-3H3. The second kappa shape index (κ2) is 7.57. The summed E-state index contributed by atoms with van der Waals surface area (Å²) in [4.78, 5) is 0. The molecule has 0 aliphatic rings. The molecule has 0 bridgehead atoms. The summed E-state index contributed by atoms with van der Waals surface area (Å²) in [5.74, 6) is 0. The normalized spacial score (nSPS) is 14.5. The molecule has 0 amide bonds. The zero-order valence-corrected chi connectivity index (χ0v) is 11.5. The maximum Gasteiger partial charge on any atom is 0.165 e. The molecule has 1 rings (SSSR count). The van der Waals surface area contributed by atoms with Gasteiger partial charge in [0.15, 0.2) is 7.28 Å². The van der Waals surface area contributed by atoms with Crippen molar-refractivity contribution in [1.82, 2.24) is 5.16 Å². The number of hydrogen-bond donors (Lipinski definition) is 0. The molecule has 1 unspecified atom stereocenters. The van der Waals surface area contributed by atoms with Gasteiger partial charge < -0.3 is 4.52 Å². The molecule has 0 aliphatic heterocycles. The van der Waals surface area contributed by atoms with Crippen LogP contribution < -0.4 is 5.46 Å². The van der Waals surface area contributed by atoms with E-state index in [0.717, 1.165) is 5.46 Å². The summed E-state index contributed by atoms with van der Waals surface area (Å²) in [6.45, 7) is 6.85. The summed E-state index contributed by atoms with van der Waals surface area (Å²) < 4.78 is 4.88. The summed E-state index contributed by atoms with van der Waals surface area (Å²) in [5, 5.41) is 4.04. The molecule has 1 aromatic rings. The van der Waals surface area contributed by atoms with E-state index in [9.17, 15) is 0 Å². The van der Waals surface area contributed by atoms with Crippen LogP contribution in [0, 0.1) is 0 Å². The van der Waals surface area contributed by atoms with Crippen molar-refractivity contribution in [2.24, 2.45) is 0 Å². The average Bonchev–Trinajstić information content (AvgIpc) is 2.81. The van der Waals surface area contributed by atoms with Crippen molar-refractivity contribution >= 4 is 12.7 Å². The van der Waals surface area contributed by atoms with Gasteiger partial charge in [-0.2, -0.15) is 0 Å². The Balaban J connectivity index is 2.30. The molecule has 17 heavy (non-hydrogen) atoms. The van der Waals surface area contributed by atoms with E-state index in [1.54, 1.807) is 12.5 Å². The van der Waals surface area contributed by atoms with Crippen molar-refractivity contribution < 1.29 is 4.52 Å². The molecule has 3 heteroatoms. The van der Waals surface area contributed by atoms with Crippen LogP contribution in [-0.2, 0) is 0 Å². The maximum absolute atomic E-state index is 4.88. The summed E-state index contributed by atoms with van der Waals surface area (Å²) in [7, 11) is 2.31. The SMILES string of the molecule is CCCCCCCC(C)([B]c1cnoc1)CC. The lowest BCUT2D eigenvalue weighted by atomic mass is 9.47. The van der Waals surface area contributed by atoms with E-state index >= 15 is 0 Å². The smallest absolute Gasteiger partial charge is 0.165 e. The lowest BCUT2D eigenvalue weighted by molar-refractivity contribution is 0.420. The molecule has 0 saturated heterocycles. The molecule has 0 aromatic carbocycles. The summed E-state index contributed by atoms with van der Waals surface area (Å²) in [6.07, 6.45) is 12.7. The van der Waals surface area contributed by atoms with Crippen LogP contribution in [0.4, 0.5) is 0 Å². The number of rotatable bonds is 9. The van der Waals surface area contributed by atoms with Gasteiger partial charge in [-0.25, -0.2) is 0 Å². The molecule has 0 saturated carbocycles. The Hall–Kier alpha value is -0.725. The molecule has 1 heterocycles. The number of aromatic nitrogens is 1. The van der Waals surface area contributed by atoms with Gasteiger partial charge in [0, 0.05) is 0 Å². The maximum atomic E-state index is 4.88. The van der Waals surface area contributed by atoms with Crippen LogP contribution in [0.5, 0.6) is 0 Å². The highest BCUT2D eigenvalue weighted by atomic mass is 16.5. The molecule has 95 valence electrons. The van der Waals surface area contributed by atoms with Crippen molar-refractivity contribution in [3.8, 4) is 0 Å². The molecule has 0 fully saturated rings. The molecular weight excluding hydrogens is 209 g/mol. The van der Waals surface area contributed by atoms with Crippen LogP contribution >= 0.6 is 0 Å². The fourth-order valence-corrected chi connectivity index (χ4v) is 2.17. The predicted octanol–water partition coefficient (Wildman–Crippen LogP) is 3.95. The van der Waals surface area contributed by atoms with Gasteiger partial charge in [-0.3, -0.25) is 0 Å². The van der Waals surface area contributed by atoms with Gasteiger partial charge in [0.25, 0.3) is 0 Å². The van der Waals surface area contributed by atoms with Crippen molar-refractivity contribution in [2.45, 2.75) is 71.0 Å². The molecule has 0 spiro atoms. The van der Waals surface area contributed by atoms with E-state index in [-0.39, 0.29) is 5.31 Å². The van der Waals surface area contributed by atoms with Gasteiger partial charge in [-0.05, 0) is 5.46 Å². The highest BCUT2D eigenvalue weighted by molar-refractivity contribution is 6.56. The summed E-state index contributed by atoms with van der Waals surface area (Å²) >= 11 is 0. The zero-order valence-electron chi connectivity index (χ0n) is 11.5. The summed E-state index contributed by atoms with van der Waals surface area (Å²) in [5.41, 5.74) is 1.11. The third-order valence-electron chi connectivity index (χ3n) is 3.63. The molecule has 1 radical (unpaired) electrons. The lowest BCUT2D eigenvalue weighted by Gasteiger charge is -2.26. The average molecular weight is 234 g/mol. The first-order chi connectivity index (χ1) is 8.20. The first-order valence-electron chi connectivity index (χ1n) is 6.95. The Labute approximate surface area is 106 Å². The van der Waals surface area contributed by atoms with Crippen molar-refractivity contribution in [3.63, 3.8) is 0 Å². The van der Waals surface area contributed by atoms with Crippen molar-refractivity contribution in [2.75, 3.05) is 0 Å². The molecule has 2 nitrogen and oxygen atoms in total. The fourth-order valence-electron chi connectivity index (χ4n) is 2.17. The van der Waals surface area contributed by atoms with Crippen LogP contribution in [0.1, 0.15) is 65.7 Å². The number of hydrogen-bond acceptors (Lipinski definition) is 2. The zero-order chi connectivity index (χ0) is 12.6. The molecule has 0 aliphatic carbocycles. The van der Waals surface area contributed by atoms with Crippen LogP contribution in [-0.4, -0.2) is 12.4 Å². The van der Waals surface area contributed by atoms with Crippen molar-refractivity contribution in [3.05, 3.63) is 12.5 Å². The monoisotopic (exact) mass is 234 g/mol.